The summed E-state index contributed by atoms with van der Waals surface area (Å²) in [5.74, 6) is 1.04. The summed E-state index contributed by atoms with van der Waals surface area (Å²) in [4.78, 5) is 2.37. The molecule has 1 heterocycles. The molecule has 0 saturated heterocycles. The summed E-state index contributed by atoms with van der Waals surface area (Å²) in [6.45, 7) is 10.6. The van der Waals surface area contributed by atoms with Crippen LogP contribution in [0.3, 0.4) is 0 Å². The van der Waals surface area contributed by atoms with E-state index in [2.05, 4.69) is 31.0 Å². The molecule has 0 fully saturated rings. The van der Waals surface area contributed by atoms with Gasteiger partial charge in [-0.05, 0) is 18.7 Å². The van der Waals surface area contributed by atoms with Gasteiger partial charge < -0.3 is 9.73 Å². The first kappa shape index (κ1) is 12.3. The highest BCUT2D eigenvalue weighted by atomic mass is 16.3. The van der Waals surface area contributed by atoms with Gasteiger partial charge in [-0.3, -0.25) is 4.90 Å². The van der Waals surface area contributed by atoms with Crippen molar-refractivity contribution in [2.24, 2.45) is 0 Å². The van der Waals surface area contributed by atoms with Crippen molar-refractivity contribution in [2.75, 3.05) is 19.6 Å². The van der Waals surface area contributed by atoms with Crippen LogP contribution >= 0.6 is 0 Å². The second kappa shape index (κ2) is 6.64. The molecule has 0 aliphatic carbocycles. The van der Waals surface area contributed by atoms with Gasteiger partial charge in [-0.2, -0.15) is 0 Å². The number of likely N-dealkylation sites (N-methyl/N-ethyl adjacent to an activating group) is 1. The molecule has 0 amide bonds. The Kier molecular flexibility index (Phi) is 5.43. The van der Waals surface area contributed by atoms with E-state index in [1.165, 1.54) is 0 Å². The maximum Gasteiger partial charge on any atom is 0.117 e. The average Bonchev–Trinajstić information content (AvgIpc) is 2.68. The van der Waals surface area contributed by atoms with Gasteiger partial charge in [0.05, 0.1) is 12.8 Å². The van der Waals surface area contributed by atoms with Gasteiger partial charge in [0.1, 0.15) is 5.76 Å². The first-order valence-corrected chi connectivity index (χ1v) is 5.70. The molecular formula is C12H22N2O. The summed E-state index contributed by atoms with van der Waals surface area (Å²) < 4.78 is 5.33. The van der Waals surface area contributed by atoms with Crippen molar-refractivity contribution in [1.82, 2.24) is 10.2 Å². The molecule has 1 rings (SSSR count). The van der Waals surface area contributed by atoms with Gasteiger partial charge in [0, 0.05) is 19.1 Å². The molecule has 1 aromatic rings. The lowest BCUT2D eigenvalue weighted by molar-refractivity contribution is 0.253. The van der Waals surface area contributed by atoms with Gasteiger partial charge in [-0.15, -0.1) is 0 Å². The number of rotatable bonds is 7. The Morgan fingerprint density at radius 1 is 1.47 bits per heavy atom. The van der Waals surface area contributed by atoms with E-state index in [4.69, 9.17) is 4.42 Å². The van der Waals surface area contributed by atoms with Gasteiger partial charge in [0.15, 0.2) is 0 Å². The standard InChI is InChI=1S/C12H22N2O/c1-4-14(8-7-13-11(2)3)10-12-6-5-9-15-12/h5-6,9,11,13H,4,7-8,10H2,1-3H3. The number of nitrogens with zero attached hydrogens (tertiary/aromatic N) is 1. The predicted octanol–water partition coefficient (Wildman–Crippen LogP) is 2.10. The highest BCUT2D eigenvalue weighted by Gasteiger charge is 2.05. The highest BCUT2D eigenvalue weighted by Crippen LogP contribution is 2.04. The molecule has 0 bridgehead atoms. The van der Waals surface area contributed by atoms with Crippen molar-refractivity contribution in [3.63, 3.8) is 0 Å². The molecule has 0 atom stereocenters. The molecule has 0 aromatic carbocycles. The van der Waals surface area contributed by atoms with E-state index in [1.54, 1.807) is 6.26 Å². The number of hydrogen-bond donors (Lipinski definition) is 1. The maximum absolute atomic E-state index is 5.33. The Labute approximate surface area is 92.5 Å². The number of nitrogens with one attached hydrogen (secondary N) is 1. The summed E-state index contributed by atoms with van der Waals surface area (Å²) in [6, 6.07) is 4.53. The Hall–Kier alpha value is -0.800. The lowest BCUT2D eigenvalue weighted by Gasteiger charge is -2.20. The van der Waals surface area contributed by atoms with Crippen LogP contribution in [-0.2, 0) is 6.54 Å². The van der Waals surface area contributed by atoms with Crippen molar-refractivity contribution < 1.29 is 4.42 Å². The first-order valence-electron chi connectivity index (χ1n) is 5.70. The van der Waals surface area contributed by atoms with Gasteiger partial charge in [0.2, 0.25) is 0 Å². The first-order chi connectivity index (χ1) is 7.22. The Bertz CT molecular complexity index is 244. The van der Waals surface area contributed by atoms with Crippen LogP contribution in [0.2, 0.25) is 0 Å². The van der Waals surface area contributed by atoms with Crippen LogP contribution in [0.5, 0.6) is 0 Å². The Morgan fingerprint density at radius 3 is 2.80 bits per heavy atom. The minimum Gasteiger partial charge on any atom is -0.468 e. The fourth-order valence-corrected chi connectivity index (χ4v) is 1.48. The summed E-state index contributed by atoms with van der Waals surface area (Å²) in [5.41, 5.74) is 0. The second-order valence-electron chi connectivity index (χ2n) is 4.06. The van der Waals surface area contributed by atoms with Crippen LogP contribution in [0.25, 0.3) is 0 Å². The van der Waals surface area contributed by atoms with E-state index in [-0.39, 0.29) is 0 Å². The molecule has 1 aromatic heterocycles. The van der Waals surface area contributed by atoms with E-state index < -0.39 is 0 Å². The number of furan rings is 1. The summed E-state index contributed by atoms with van der Waals surface area (Å²) in [5, 5.41) is 3.42. The average molecular weight is 210 g/mol. The van der Waals surface area contributed by atoms with Gasteiger partial charge in [-0.1, -0.05) is 20.8 Å². The molecule has 0 radical (unpaired) electrons. The molecule has 0 saturated carbocycles. The van der Waals surface area contributed by atoms with E-state index >= 15 is 0 Å². The van der Waals surface area contributed by atoms with E-state index in [1.807, 2.05) is 12.1 Å². The SMILES string of the molecule is CCN(CCNC(C)C)Cc1ccco1. The van der Waals surface area contributed by atoms with Gasteiger partial charge in [-0.25, -0.2) is 0 Å². The van der Waals surface area contributed by atoms with E-state index in [9.17, 15) is 0 Å². The largest absolute Gasteiger partial charge is 0.468 e. The molecule has 0 aliphatic heterocycles. The predicted molar refractivity (Wildman–Crippen MR) is 62.8 cm³/mol. The van der Waals surface area contributed by atoms with Crippen molar-refractivity contribution in [3.05, 3.63) is 24.2 Å². The fourth-order valence-electron chi connectivity index (χ4n) is 1.48. The third-order valence-electron chi connectivity index (χ3n) is 2.39. The molecule has 0 unspecified atom stereocenters. The molecule has 15 heavy (non-hydrogen) atoms. The van der Waals surface area contributed by atoms with Crippen molar-refractivity contribution >= 4 is 0 Å². The third kappa shape index (κ3) is 5.00. The normalized spacial score (nSPS) is 11.5. The van der Waals surface area contributed by atoms with Crippen LogP contribution in [0, 0.1) is 0 Å². The van der Waals surface area contributed by atoms with Gasteiger partial charge in [0.25, 0.3) is 0 Å². The van der Waals surface area contributed by atoms with Crippen molar-refractivity contribution in [2.45, 2.75) is 33.4 Å². The van der Waals surface area contributed by atoms with Crippen LogP contribution < -0.4 is 5.32 Å². The van der Waals surface area contributed by atoms with Crippen LogP contribution in [0.4, 0.5) is 0 Å². The molecule has 86 valence electrons. The summed E-state index contributed by atoms with van der Waals surface area (Å²) in [7, 11) is 0. The van der Waals surface area contributed by atoms with Crippen molar-refractivity contribution in [1.29, 1.82) is 0 Å². The smallest absolute Gasteiger partial charge is 0.117 e. The summed E-state index contributed by atoms with van der Waals surface area (Å²) in [6.07, 6.45) is 1.73. The zero-order valence-corrected chi connectivity index (χ0v) is 9.99. The van der Waals surface area contributed by atoms with Gasteiger partial charge >= 0.3 is 0 Å². The van der Waals surface area contributed by atoms with Crippen LogP contribution in [0.1, 0.15) is 26.5 Å². The zero-order valence-electron chi connectivity index (χ0n) is 9.99. The zero-order chi connectivity index (χ0) is 11.1. The molecule has 1 N–H and O–H groups in total. The topological polar surface area (TPSA) is 28.4 Å². The Morgan fingerprint density at radius 2 is 2.27 bits per heavy atom. The lowest BCUT2D eigenvalue weighted by atomic mass is 10.3. The quantitative estimate of drug-likeness (QED) is 0.747. The minimum atomic E-state index is 0.562. The van der Waals surface area contributed by atoms with Crippen LogP contribution in [0.15, 0.2) is 22.8 Å². The second-order valence-corrected chi connectivity index (χ2v) is 4.06. The molecule has 0 spiro atoms. The number of hydrogen-bond acceptors (Lipinski definition) is 3. The minimum absolute atomic E-state index is 0.562. The summed E-state index contributed by atoms with van der Waals surface area (Å²) >= 11 is 0. The van der Waals surface area contributed by atoms with E-state index in [0.29, 0.717) is 6.04 Å². The molecule has 3 nitrogen and oxygen atoms in total. The molecule has 3 heteroatoms. The highest BCUT2D eigenvalue weighted by molar-refractivity contribution is 4.97. The third-order valence-corrected chi connectivity index (χ3v) is 2.39. The van der Waals surface area contributed by atoms with Crippen molar-refractivity contribution in [3.8, 4) is 0 Å². The molecule has 0 aliphatic rings. The lowest BCUT2D eigenvalue weighted by Crippen LogP contribution is -2.34. The fraction of sp³-hybridized carbons (Fsp3) is 0.667. The molecular weight excluding hydrogens is 188 g/mol. The Balaban J connectivity index is 2.24. The maximum atomic E-state index is 5.33. The van der Waals surface area contributed by atoms with E-state index in [0.717, 1.165) is 31.9 Å². The monoisotopic (exact) mass is 210 g/mol. The van der Waals surface area contributed by atoms with Crippen LogP contribution in [-0.4, -0.2) is 30.6 Å².